The lowest BCUT2D eigenvalue weighted by atomic mass is 9.93. The maximum Gasteiger partial charge on any atom is 0.338 e. The Hall–Kier alpha value is -5.06. The van der Waals surface area contributed by atoms with Crippen molar-refractivity contribution in [1.82, 2.24) is 4.57 Å². The van der Waals surface area contributed by atoms with Gasteiger partial charge in [-0.2, -0.15) is 0 Å². The molecule has 0 N–H and O–H groups in total. The van der Waals surface area contributed by atoms with Crippen molar-refractivity contribution < 1.29 is 19.0 Å². The number of carbonyl (C=O) groups is 1. The third kappa shape index (κ3) is 5.43. The lowest BCUT2D eigenvalue weighted by Crippen LogP contribution is -2.40. The summed E-state index contributed by atoms with van der Waals surface area (Å²) in [7, 11) is 5.18. The van der Waals surface area contributed by atoms with E-state index in [1.807, 2.05) is 60.7 Å². The summed E-state index contributed by atoms with van der Waals surface area (Å²) in [5.41, 5.74) is 5.04. The highest BCUT2D eigenvalue weighted by Crippen LogP contribution is 2.47. The number of hydrogen-bond acceptors (Lipinski definition) is 9. The number of thiazole rings is 1. The Morgan fingerprint density at radius 2 is 1.64 bits per heavy atom. The zero-order chi connectivity index (χ0) is 32.7. The summed E-state index contributed by atoms with van der Waals surface area (Å²) in [4.78, 5) is 38.1. The predicted molar refractivity (Wildman–Crippen MR) is 186 cm³/mol. The van der Waals surface area contributed by atoms with Gasteiger partial charge in [-0.1, -0.05) is 77.7 Å². The van der Waals surface area contributed by atoms with Gasteiger partial charge in [0.25, 0.3) is 5.56 Å². The highest BCUT2D eigenvalue weighted by molar-refractivity contribution is 7.99. The minimum Gasteiger partial charge on any atom is -0.493 e. The monoisotopic (exact) mass is 661 g/mol. The summed E-state index contributed by atoms with van der Waals surface area (Å²) >= 11 is 3.01. The van der Waals surface area contributed by atoms with Gasteiger partial charge in [-0.05, 0) is 60.5 Å². The number of nitrogens with zero attached hydrogens (tertiary/aromatic N) is 3. The second-order valence-corrected chi connectivity index (χ2v) is 13.0. The molecule has 10 heteroatoms. The zero-order valence-corrected chi connectivity index (χ0v) is 27.9. The van der Waals surface area contributed by atoms with Gasteiger partial charge in [0, 0.05) is 22.4 Å². The van der Waals surface area contributed by atoms with E-state index in [0.717, 1.165) is 27.4 Å². The number of benzene rings is 4. The van der Waals surface area contributed by atoms with Gasteiger partial charge < -0.3 is 19.1 Å². The molecule has 0 radical (unpaired) electrons. The van der Waals surface area contributed by atoms with Crippen LogP contribution < -0.4 is 29.3 Å². The van der Waals surface area contributed by atoms with Crippen LogP contribution in [0.3, 0.4) is 0 Å². The second-order valence-electron chi connectivity index (χ2n) is 10.9. The van der Waals surface area contributed by atoms with Crippen LogP contribution in [0.1, 0.15) is 29.7 Å². The summed E-state index contributed by atoms with van der Waals surface area (Å²) < 4.78 is 18.8. The van der Waals surface area contributed by atoms with Crippen LogP contribution in [0.5, 0.6) is 11.5 Å². The van der Waals surface area contributed by atoms with E-state index >= 15 is 0 Å². The summed E-state index contributed by atoms with van der Waals surface area (Å²) in [5.74, 6) is 0.471. The summed E-state index contributed by atoms with van der Waals surface area (Å²) in [5, 5.41) is 0. The normalized spacial score (nSPS) is 15.4. The Labute approximate surface area is 279 Å². The van der Waals surface area contributed by atoms with Crippen LogP contribution in [0.2, 0.25) is 0 Å². The maximum absolute atomic E-state index is 14.4. The number of methoxy groups -OCH3 is 2. The van der Waals surface area contributed by atoms with Gasteiger partial charge in [0.05, 0.1) is 54.0 Å². The van der Waals surface area contributed by atoms with E-state index in [9.17, 15) is 9.59 Å². The standard InChI is InChI=1S/C37H31N3O5S2/c1-5-45-36(42)32-33(23-11-7-6-8-12-23)38-37-40(34(32)24-16-18-27(43-3)28(21-24)44-4)35(41)31(47-37)20-22-15-17-26-30(19-22)46-29-14-10-9-13-25(29)39(26)2/h6-21,34H,5H2,1-4H3/b31-20+/t34-/m0/s1. The Morgan fingerprint density at radius 3 is 2.40 bits per heavy atom. The van der Waals surface area contributed by atoms with Crippen LogP contribution in [-0.2, 0) is 9.53 Å². The SMILES string of the molecule is CCOC(=O)C1=C(c2ccccc2)N=c2s/c(=C/c3ccc4c(c3)Sc3ccccc3N4C)c(=O)n2[C@H]1c1ccc(OC)c(OC)c1. The molecule has 0 fully saturated rings. The fourth-order valence-electron chi connectivity index (χ4n) is 5.98. The van der Waals surface area contributed by atoms with Gasteiger partial charge in [-0.25, -0.2) is 9.79 Å². The lowest BCUT2D eigenvalue weighted by Gasteiger charge is -2.29. The van der Waals surface area contributed by atoms with Gasteiger partial charge in [0.2, 0.25) is 0 Å². The maximum atomic E-state index is 14.4. The molecule has 0 saturated carbocycles. The molecule has 8 nitrogen and oxygen atoms in total. The van der Waals surface area contributed by atoms with Crippen LogP contribution in [0.25, 0.3) is 11.8 Å². The van der Waals surface area contributed by atoms with Crippen LogP contribution in [-0.4, -0.2) is 38.4 Å². The first-order valence-corrected chi connectivity index (χ1v) is 16.7. The number of ether oxygens (including phenoxy) is 3. The molecular formula is C37H31N3O5S2. The molecule has 0 unspecified atom stereocenters. The van der Waals surface area contributed by atoms with Crippen molar-refractivity contribution in [3.63, 3.8) is 0 Å². The second kappa shape index (κ2) is 12.6. The predicted octanol–water partition coefficient (Wildman–Crippen LogP) is 6.19. The van der Waals surface area contributed by atoms with E-state index in [0.29, 0.717) is 32.1 Å². The first-order chi connectivity index (χ1) is 22.9. The lowest BCUT2D eigenvalue weighted by molar-refractivity contribution is -0.138. The molecule has 5 aromatic rings. The van der Waals surface area contributed by atoms with E-state index in [2.05, 4.69) is 36.2 Å². The number of rotatable bonds is 7. The smallest absolute Gasteiger partial charge is 0.338 e. The van der Waals surface area contributed by atoms with Crippen LogP contribution in [0.15, 0.2) is 116 Å². The van der Waals surface area contributed by atoms with Crippen molar-refractivity contribution in [2.24, 2.45) is 4.99 Å². The fraction of sp³-hybridized carbons (Fsp3) is 0.162. The van der Waals surface area contributed by atoms with Crippen molar-refractivity contribution in [2.45, 2.75) is 22.8 Å². The molecule has 0 bridgehead atoms. The zero-order valence-electron chi connectivity index (χ0n) is 26.2. The number of fused-ring (bicyclic) bond motifs is 3. The van der Waals surface area contributed by atoms with Crippen molar-refractivity contribution in [1.29, 1.82) is 0 Å². The fourth-order valence-corrected chi connectivity index (χ4v) is 8.18. The highest BCUT2D eigenvalue weighted by Gasteiger charge is 2.35. The number of carbonyl (C=O) groups excluding carboxylic acids is 1. The Bertz CT molecular complexity index is 2240. The number of aromatic nitrogens is 1. The van der Waals surface area contributed by atoms with Gasteiger partial charge in [0.15, 0.2) is 16.3 Å². The number of hydrogen-bond donors (Lipinski definition) is 0. The van der Waals surface area contributed by atoms with E-state index in [1.165, 1.54) is 16.2 Å². The largest absolute Gasteiger partial charge is 0.493 e. The third-order valence-electron chi connectivity index (χ3n) is 8.19. The summed E-state index contributed by atoms with van der Waals surface area (Å²) in [6, 6.07) is 28.6. The third-order valence-corrected chi connectivity index (χ3v) is 10.3. The van der Waals surface area contributed by atoms with Crippen molar-refractivity contribution in [3.8, 4) is 11.5 Å². The van der Waals surface area contributed by atoms with Gasteiger partial charge >= 0.3 is 5.97 Å². The Balaban J connectivity index is 1.43. The van der Waals surface area contributed by atoms with E-state index in [1.54, 1.807) is 49.6 Å². The molecule has 0 saturated heterocycles. The molecule has 0 amide bonds. The average molecular weight is 662 g/mol. The molecule has 2 aliphatic rings. The van der Waals surface area contributed by atoms with Crippen LogP contribution in [0, 0.1) is 0 Å². The van der Waals surface area contributed by atoms with Crippen molar-refractivity contribution >= 4 is 52.2 Å². The minimum atomic E-state index is -0.827. The van der Waals surface area contributed by atoms with E-state index in [-0.39, 0.29) is 17.7 Å². The van der Waals surface area contributed by atoms with Crippen LogP contribution >= 0.6 is 23.1 Å². The van der Waals surface area contributed by atoms with Gasteiger partial charge in [0.1, 0.15) is 0 Å². The molecular weight excluding hydrogens is 631 g/mol. The van der Waals surface area contributed by atoms with E-state index in [4.69, 9.17) is 19.2 Å². The molecule has 1 atom stereocenters. The molecule has 0 spiro atoms. The Morgan fingerprint density at radius 1 is 0.894 bits per heavy atom. The molecule has 2 aliphatic heterocycles. The molecule has 4 aromatic carbocycles. The van der Waals surface area contributed by atoms with Crippen LogP contribution in [0.4, 0.5) is 11.4 Å². The molecule has 1 aromatic heterocycles. The highest BCUT2D eigenvalue weighted by atomic mass is 32.2. The van der Waals surface area contributed by atoms with Crippen molar-refractivity contribution in [3.05, 3.63) is 133 Å². The minimum absolute atomic E-state index is 0.170. The number of para-hydroxylation sites is 1. The van der Waals surface area contributed by atoms with E-state index < -0.39 is 12.0 Å². The molecule has 236 valence electrons. The van der Waals surface area contributed by atoms with Crippen molar-refractivity contribution in [2.75, 3.05) is 32.8 Å². The topological polar surface area (TPSA) is 82.4 Å². The van der Waals surface area contributed by atoms with Gasteiger partial charge in [-0.3, -0.25) is 9.36 Å². The first kappa shape index (κ1) is 30.6. The first-order valence-electron chi connectivity index (χ1n) is 15.1. The molecule has 7 rings (SSSR count). The molecule has 0 aliphatic carbocycles. The average Bonchev–Trinajstić information content (AvgIpc) is 3.41. The summed E-state index contributed by atoms with van der Waals surface area (Å²) in [6.45, 7) is 1.93. The molecule has 47 heavy (non-hydrogen) atoms. The Kier molecular flexibility index (Phi) is 8.21. The summed E-state index contributed by atoms with van der Waals surface area (Å²) in [6.07, 6.45) is 1.90. The number of anilines is 2. The van der Waals surface area contributed by atoms with Gasteiger partial charge in [-0.15, -0.1) is 0 Å². The molecule has 3 heterocycles. The number of esters is 1. The quantitative estimate of drug-likeness (QED) is 0.193.